The normalized spacial score (nSPS) is 25.1. The quantitative estimate of drug-likeness (QED) is 0.838. The molecule has 0 radical (unpaired) electrons. The third-order valence-corrected chi connectivity index (χ3v) is 6.09. The number of aromatic nitrogens is 1. The Kier molecular flexibility index (Phi) is 4.28. The van der Waals surface area contributed by atoms with Gasteiger partial charge in [0, 0.05) is 36.7 Å². The second-order valence-corrected chi connectivity index (χ2v) is 8.26. The van der Waals surface area contributed by atoms with Crippen LogP contribution in [0.15, 0.2) is 36.4 Å². The molecule has 5 heteroatoms. The summed E-state index contributed by atoms with van der Waals surface area (Å²) in [6.45, 7) is 5.63. The van der Waals surface area contributed by atoms with Crippen molar-refractivity contribution in [3.63, 3.8) is 0 Å². The van der Waals surface area contributed by atoms with Crippen LogP contribution in [-0.2, 0) is 10.2 Å². The van der Waals surface area contributed by atoms with Crippen LogP contribution < -0.4 is 5.73 Å². The standard InChI is InChI=1S/C21H24ClN3O/c1-13-3-5-16(6-4-13)21-10-17(21)11-25(12-21)20(26)9-18(23)15-7-14(2)24-19(22)8-15/h3-8,17-18H,9-12,23H2,1-2H3/t17-,18?,21+/m0/s1. The molecule has 26 heavy (non-hydrogen) atoms. The van der Waals surface area contributed by atoms with Gasteiger partial charge in [-0.1, -0.05) is 41.4 Å². The zero-order chi connectivity index (χ0) is 18.5. The van der Waals surface area contributed by atoms with Gasteiger partial charge in [-0.15, -0.1) is 0 Å². The second kappa shape index (κ2) is 6.36. The summed E-state index contributed by atoms with van der Waals surface area (Å²) in [7, 11) is 0. The molecule has 1 unspecified atom stereocenters. The molecule has 4 rings (SSSR count). The maximum Gasteiger partial charge on any atom is 0.224 e. The Bertz CT molecular complexity index is 831. The Morgan fingerprint density at radius 3 is 2.77 bits per heavy atom. The summed E-state index contributed by atoms with van der Waals surface area (Å²) >= 11 is 6.02. The molecule has 2 aliphatic rings. The first-order valence-corrected chi connectivity index (χ1v) is 9.50. The highest BCUT2D eigenvalue weighted by Crippen LogP contribution is 2.59. The van der Waals surface area contributed by atoms with Gasteiger partial charge in [-0.2, -0.15) is 0 Å². The molecule has 2 heterocycles. The van der Waals surface area contributed by atoms with Gasteiger partial charge in [-0.25, -0.2) is 4.98 Å². The van der Waals surface area contributed by atoms with E-state index in [2.05, 4.69) is 36.2 Å². The van der Waals surface area contributed by atoms with Crippen LogP contribution >= 0.6 is 11.6 Å². The van der Waals surface area contributed by atoms with Crippen molar-refractivity contribution in [2.75, 3.05) is 13.1 Å². The number of nitrogens with zero attached hydrogens (tertiary/aromatic N) is 2. The van der Waals surface area contributed by atoms with Gasteiger partial charge in [0.15, 0.2) is 0 Å². The van der Waals surface area contributed by atoms with Crippen molar-refractivity contribution in [1.82, 2.24) is 9.88 Å². The molecule has 2 N–H and O–H groups in total. The molecule has 0 spiro atoms. The van der Waals surface area contributed by atoms with Gasteiger partial charge in [-0.3, -0.25) is 4.79 Å². The number of aryl methyl sites for hydroxylation is 2. The largest absolute Gasteiger partial charge is 0.341 e. The van der Waals surface area contributed by atoms with Gasteiger partial charge in [0.05, 0.1) is 0 Å². The van der Waals surface area contributed by atoms with E-state index in [1.54, 1.807) is 6.07 Å². The van der Waals surface area contributed by atoms with Crippen molar-refractivity contribution in [2.24, 2.45) is 11.7 Å². The fourth-order valence-electron chi connectivity index (χ4n) is 4.31. The minimum absolute atomic E-state index is 0.127. The van der Waals surface area contributed by atoms with Crippen molar-refractivity contribution in [2.45, 2.75) is 38.1 Å². The Hall–Kier alpha value is -1.91. The summed E-state index contributed by atoms with van der Waals surface area (Å²) in [4.78, 5) is 18.9. The number of hydrogen-bond acceptors (Lipinski definition) is 3. The molecule has 1 amide bonds. The molecule has 4 nitrogen and oxygen atoms in total. The predicted octanol–water partition coefficient (Wildman–Crippen LogP) is 3.54. The molecule has 1 saturated carbocycles. The third kappa shape index (κ3) is 3.12. The van der Waals surface area contributed by atoms with E-state index in [1.807, 2.05) is 17.9 Å². The number of rotatable bonds is 4. The Morgan fingerprint density at radius 2 is 2.08 bits per heavy atom. The Balaban J connectivity index is 1.43. The van der Waals surface area contributed by atoms with Crippen LogP contribution in [0.25, 0.3) is 0 Å². The molecule has 1 aromatic heterocycles. The lowest BCUT2D eigenvalue weighted by molar-refractivity contribution is -0.131. The number of carbonyl (C=O) groups is 1. The van der Waals surface area contributed by atoms with E-state index in [0.717, 1.165) is 24.3 Å². The van der Waals surface area contributed by atoms with Crippen LogP contribution in [0, 0.1) is 19.8 Å². The van der Waals surface area contributed by atoms with E-state index < -0.39 is 0 Å². The number of fused-ring (bicyclic) bond motifs is 1. The summed E-state index contributed by atoms with van der Waals surface area (Å²) < 4.78 is 0. The predicted molar refractivity (Wildman–Crippen MR) is 103 cm³/mol. The number of amides is 1. The minimum atomic E-state index is -0.353. The average Bonchev–Trinajstić information content (AvgIpc) is 3.15. The molecule has 1 saturated heterocycles. The van der Waals surface area contributed by atoms with E-state index >= 15 is 0 Å². The topological polar surface area (TPSA) is 59.2 Å². The lowest BCUT2D eigenvalue weighted by Gasteiger charge is -2.23. The van der Waals surface area contributed by atoms with Gasteiger partial charge < -0.3 is 10.6 Å². The van der Waals surface area contributed by atoms with Gasteiger partial charge in [0.25, 0.3) is 0 Å². The Labute approximate surface area is 159 Å². The summed E-state index contributed by atoms with van der Waals surface area (Å²) in [6, 6.07) is 12.1. The highest BCUT2D eigenvalue weighted by atomic mass is 35.5. The molecule has 1 aromatic carbocycles. The molecule has 3 atom stereocenters. The molecular weight excluding hydrogens is 346 g/mol. The van der Waals surface area contributed by atoms with Gasteiger partial charge in [0.2, 0.25) is 5.91 Å². The molecule has 1 aliphatic carbocycles. The fraction of sp³-hybridized carbons (Fsp3) is 0.429. The van der Waals surface area contributed by atoms with Crippen molar-refractivity contribution < 1.29 is 4.79 Å². The SMILES string of the molecule is Cc1ccc([C@]23C[C@H]2CN(C(=O)CC(N)c2cc(C)nc(Cl)c2)C3)cc1. The van der Waals surface area contributed by atoms with E-state index in [-0.39, 0.29) is 17.4 Å². The number of piperidine rings is 1. The highest BCUT2D eigenvalue weighted by Gasteiger charge is 2.61. The first-order valence-electron chi connectivity index (χ1n) is 9.12. The second-order valence-electron chi connectivity index (χ2n) is 7.87. The first kappa shape index (κ1) is 17.5. The molecule has 136 valence electrons. The summed E-state index contributed by atoms with van der Waals surface area (Å²) in [5, 5.41) is 0.420. The van der Waals surface area contributed by atoms with E-state index in [1.165, 1.54) is 17.5 Å². The van der Waals surface area contributed by atoms with Gasteiger partial charge in [0.1, 0.15) is 5.15 Å². The number of pyridine rings is 1. The fourth-order valence-corrected chi connectivity index (χ4v) is 4.57. The van der Waals surface area contributed by atoms with Crippen LogP contribution in [0.2, 0.25) is 5.15 Å². The van der Waals surface area contributed by atoms with Crippen LogP contribution in [-0.4, -0.2) is 28.9 Å². The molecule has 0 bridgehead atoms. The molecule has 2 aromatic rings. The number of nitrogens with two attached hydrogens (primary N) is 1. The number of hydrogen-bond donors (Lipinski definition) is 1. The van der Waals surface area contributed by atoms with Crippen molar-refractivity contribution in [1.29, 1.82) is 0 Å². The van der Waals surface area contributed by atoms with Crippen molar-refractivity contribution >= 4 is 17.5 Å². The maximum atomic E-state index is 12.8. The maximum absolute atomic E-state index is 12.8. The number of halogens is 1. The zero-order valence-electron chi connectivity index (χ0n) is 15.2. The van der Waals surface area contributed by atoms with Gasteiger partial charge >= 0.3 is 0 Å². The van der Waals surface area contributed by atoms with E-state index in [4.69, 9.17) is 17.3 Å². The van der Waals surface area contributed by atoms with E-state index in [9.17, 15) is 4.79 Å². The zero-order valence-corrected chi connectivity index (χ0v) is 16.0. The summed E-state index contributed by atoms with van der Waals surface area (Å²) in [6.07, 6.45) is 1.49. The van der Waals surface area contributed by atoms with E-state index in [0.29, 0.717) is 17.5 Å². The van der Waals surface area contributed by atoms with Crippen molar-refractivity contribution in [3.05, 3.63) is 63.9 Å². The first-order chi connectivity index (χ1) is 12.4. The number of likely N-dealkylation sites (tertiary alicyclic amines) is 1. The van der Waals surface area contributed by atoms with Crippen LogP contribution in [0.5, 0.6) is 0 Å². The van der Waals surface area contributed by atoms with Crippen LogP contribution in [0.4, 0.5) is 0 Å². The highest BCUT2D eigenvalue weighted by molar-refractivity contribution is 6.29. The lowest BCUT2D eigenvalue weighted by Crippen LogP contribution is -2.34. The number of carbonyl (C=O) groups excluding carboxylic acids is 1. The third-order valence-electron chi connectivity index (χ3n) is 5.89. The Morgan fingerprint density at radius 1 is 1.35 bits per heavy atom. The van der Waals surface area contributed by atoms with Crippen molar-refractivity contribution in [3.8, 4) is 0 Å². The van der Waals surface area contributed by atoms with Crippen LogP contribution in [0.1, 0.15) is 41.3 Å². The summed E-state index contributed by atoms with van der Waals surface area (Å²) in [5.41, 5.74) is 10.8. The smallest absolute Gasteiger partial charge is 0.224 e. The monoisotopic (exact) mass is 369 g/mol. The lowest BCUT2D eigenvalue weighted by atomic mass is 9.94. The summed E-state index contributed by atoms with van der Waals surface area (Å²) in [5.74, 6) is 0.713. The minimum Gasteiger partial charge on any atom is -0.341 e. The van der Waals surface area contributed by atoms with Crippen LogP contribution in [0.3, 0.4) is 0 Å². The molecule has 1 aliphatic heterocycles. The molecular formula is C21H24ClN3O. The number of benzene rings is 1. The average molecular weight is 370 g/mol. The molecule has 2 fully saturated rings. The van der Waals surface area contributed by atoms with Gasteiger partial charge in [-0.05, 0) is 49.4 Å².